The first kappa shape index (κ1) is 15.4. The maximum Gasteiger partial charge on any atom is 0.224 e. The number of morpholine rings is 1. The standard InChI is InChI=1S/C15H22N2O2S/c18-15(17-9-11-19-12-10-17)6-7-16-8-13-20-14-4-2-1-3-5-14/h1-5,16H,6-13H2. The highest BCUT2D eigenvalue weighted by atomic mass is 32.2. The Balaban J connectivity index is 1.50. The Morgan fingerprint density at radius 3 is 2.70 bits per heavy atom. The topological polar surface area (TPSA) is 41.6 Å². The minimum atomic E-state index is 0.233. The van der Waals surface area contributed by atoms with Crippen molar-refractivity contribution in [3.63, 3.8) is 0 Å². The van der Waals surface area contributed by atoms with Gasteiger partial charge in [-0.1, -0.05) is 18.2 Å². The van der Waals surface area contributed by atoms with Gasteiger partial charge < -0.3 is 15.0 Å². The zero-order valence-corrected chi connectivity index (χ0v) is 12.5. The summed E-state index contributed by atoms with van der Waals surface area (Å²) < 4.78 is 5.24. The summed E-state index contributed by atoms with van der Waals surface area (Å²) in [4.78, 5) is 15.1. The molecule has 20 heavy (non-hydrogen) atoms. The first-order valence-corrected chi connectivity index (χ1v) is 8.09. The maximum atomic E-state index is 11.9. The number of nitrogens with zero attached hydrogens (tertiary/aromatic N) is 1. The molecular formula is C15H22N2O2S. The molecule has 2 rings (SSSR count). The van der Waals surface area contributed by atoms with Gasteiger partial charge in [0.25, 0.3) is 0 Å². The smallest absolute Gasteiger partial charge is 0.224 e. The molecule has 1 N–H and O–H groups in total. The number of benzene rings is 1. The lowest BCUT2D eigenvalue weighted by molar-refractivity contribution is -0.135. The average molecular weight is 294 g/mol. The number of amides is 1. The molecule has 4 nitrogen and oxygen atoms in total. The van der Waals surface area contributed by atoms with E-state index >= 15 is 0 Å². The molecule has 1 aliphatic heterocycles. The average Bonchev–Trinajstić information content (AvgIpc) is 2.52. The summed E-state index contributed by atoms with van der Waals surface area (Å²) in [6, 6.07) is 10.4. The predicted octanol–water partition coefficient (Wildman–Crippen LogP) is 1.62. The lowest BCUT2D eigenvalue weighted by Crippen LogP contribution is -2.41. The molecule has 1 aliphatic rings. The van der Waals surface area contributed by atoms with Crippen LogP contribution in [0.25, 0.3) is 0 Å². The number of thioether (sulfide) groups is 1. The van der Waals surface area contributed by atoms with Crippen LogP contribution in [0.3, 0.4) is 0 Å². The summed E-state index contributed by atoms with van der Waals surface area (Å²) in [7, 11) is 0. The summed E-state index contributed by atoms with van der Waals surface area (Å²) in [6.07, 6.45) is 0.579. The fraction of sp³-hybridized carbons (Fsp3) is 0.533. The molecule has 1 aromatic rings. The van der Waals surface area contributed by atoms with E-state index in [1.54, 1.807) is 0 Å². The van der Waals surface area contributed by atoms with Crippen molar-refractivity contribution in [1.82, 2.24) is 10.2 Å². The number of carbonyl (C=O) groups is 1. The molecule has 0 aliphatic carbocycles. The number of rotatable bonds is 7. The van der Waals surface area contributed by atoms with Gasteiger partial charge in [-0.3, -0.25) is 4.79 Å². The first-order chi connectivity index (χ1) is 9.86. The van der Waals surface area contributed by atoms with E-state index in [9.17, 15) is 4.79 Å². The molecule has 1 aromatic carbocycles. The summed E-state index contributed by atoms with van der Waals surface area (Å²) in [6.45, 7) is 4.51. The van der Waals surface area contributed by atoms with E-state index in [1.165, 1.54) is 4.90 Å². The van der Waals surface area contributed by atoms with Gasteiger partial charge >= 0.3 is 0 Å². The highest BCUT2D eigenvalue weighted by Crippen LogP contribution is 2.15. The van der Waals surface area contributed by atoms with Crippen LogP contribution < -0.4 is 5.32 Å². The number of hydrogen-bond donors (Lipinski definition) is 1. The summed E-state index contributed by atoms with van der Waals surface area (Å²) >= 11 is 1.83. The fourth-order valence-corrected chi connectivity index (χ4v) is 2.88. The largest absolute Gasteiger partial charge is 0.378 e. The molecule has 0 atom stereocenters. The molecule has 0 saturated carbocycles. The van der Waals surface area contributed by atoms with Crippen LogP contribution in [0.5, 0.6) is 0 Å². The van der Waals surface area contributed by atoms with Gasteiger partial charge in [-0.05, 0) is 12.1 Å². The summed E-state index contributed by atoms with van der Waals surface area (Å²) in [5.74, 6) is 1.26. The molecule has 0 radical (unpaired) electrons. The van der Waals surface area contributed by atoms with Crippen LogP contribution >= 0.6 is 11.8 Å². The fourth-order valence-electron chi connectivity index (χ4n) is 2.05. The third-order valence-corrected chi connectivity index (χ3v) is 4.18. The quantitative estimate of drug-likeness (QED) is 0.613. The van der Waals surface area contributed by atoms with E-state index in [2.05, 4.69) is 29.6 Å². The Morgan fingerprint density at radius 1 is 1.20 bits per heavy atom. The SMILES string of the molecule is O=C(CCNCCSc1ccccc1)N1CCOCC1. The minimum absolute atomic E-state index is 0.233. The lowest BCUT2D eigenvalue weighted by Gasteiger charge is -2.26. The highest BCUT2D eigenvalue weighted by molar-refractivity contribution is 7.99. The van der Waals surface area contributed by atoms with Gasteiger partial charge in [-0.25, -0.2) is 0 Å². The van der Waals surface area contributed by atoms with Crippen LogP contribution in [0.2, 0.25) is 0 Å². The zero-order valence-electron chi connectivity index (χ0n) is 11.7. The Labute approximate surface area is 124 Å². The third-order valence-electron chi connectivity index (χ3n) is 3.17. The number of ether oxygens (including phenoxy) is 1. The molecule has 1 amide bonds. The van der Waals surface area contributed by atoms with E-state index in [4.69, 9.17) is 4.74 Å². The van der Waals surface area contributed by atoms with Gasteiger partial charge in [0.15, 0.2) is 0 Å². The maximum absolute atomic E-state index is 11.9. The van der Waals surface area contributed by atoms with E-state index in [0.29, 0.717) is 19.6 Å². The Hall–Kier alpha value is -1.04. The van der Waals surface area contributed by atoms with Crippen LogP contribution in [0.1, 0.15) is 6.42 Å². The molecular weight excluding hydrogens is 272 g/mol. The van der Waals surface area contributed by atoms with E-state index in [-0.39, 0.29) is 5.91 Å². The van der Waals surface area contributed by atoms with Crippen molar-refractivity contribution in [3.8, 4) is 0 Å². The third kappa shape index (κ3) is 5.53. The van der Waals surface area contributed by atoms with E-state index < -0.39 is 0 Å². The van der Waals surface area contributed by atoms with Crippen molar-refractivity contribution in [3.05, 3.63) is 30.3 Å². The zero-order chi connectivity index (χ0) is 14.0. The number of hydrogen-bond acceptors (Lipinski definition) is 4. The van der Waals surface area contributed by atoms with Crippen molar-refractivity contribution in [2.75, 3.05) is 45.1 Å². The normalized spacial score (nSPS) is 15.3. The van der Waals surface area contributed by atoms with Crippen LogP contribution in [-0.2, 0) is 9.53 Å². The second kappa shape index (κ2) is 9.00. The molecule has 110 valence electrons. The van der Waals surface area contributed by atoms with Crippen molar-refractivity contribution < 1.29 is 9.53 Å². The monoisotopic (exact) mass is 294 g/mol. The predicted molar refractivity (Wildman–Crippen MR) is 82.1 cm³/mol. The van der Waals surface area contributed by atoms with Gasteiger partial charge in [0.2, 0.25) is 5.91 Å². The molecule has 0 spiro atoms. The van der Waals surface area contributed by atoms with Gasteiger partial charge in [0.1, 0.15) is 0 Å². The molecule has 0 bridgehead atoms. The Morgan fingerprint density at radius 2 is 1.95 bits per heavy atom. The molecule has 1 fully saturated rings. The second-order valence-corrected chi connectivity index (χ2v) is 5.82. The lowest BCUT2D eigenvalue weighted by atomic mass is 10.3. The second-order valence-electron chi connectivity index (χ2n) is 4.65. The van der Waals surface area contributed by atoms with Gasteiger partial charge in [-0.15, -0.1) is 11.8 Å². The van der Waals surface area contributed by atoms with Crippen LogP contribution in [0.4, 0.5) is 0 Å². The van der Waals surface area contributed by atoms with Crippen molar-refractivity contribution >= 4 is 17.7 Å². The molecule has 1 heterocycles. The van der Waals surface area contributed by atoms with Crippen LogP contribution in [-0.4, -0.2) is 56.0 Å². The number of nitrogens with one attached hydrogen (secondary N) is 1. The minimum Gasteiger partial charge on any atom is -0.378 e. The number of carbonyl (C=O) groups excluding carboxylic acids is 1. The summed E-state index contributed by atoms with van der Waals surface area (Å²) in [5.41, 5.74) is 0. The van der Waals surface area contributed by atoms with Crippen LogP contribution in [0, 0.1) is 0 Å². The first-order valence-electron chi connectivity index (χ1n) is 7.10. The van der Waals surface area contributed by atoms with Gasteiger partial charge in [0, 0.05) is 43.2 Å². The molecule has 0 aromatic heterocycles. The van der Waals surface area contributed by atoms with Crippen molar-refractivity contribution in [1.29, 1.82) is 0 Å². The van der Waals surface area contributed by atoms with Crippen LogP contribution in [0.15, 0.2) is 35.2 Å². The molecule has 0 unspecified atom stereocenters. The van der Waals surface area contributed by atoms with Crippen molar-refractivity contribution in [2.45, 2.75) is 11.3 Å². The van der Waals surface area contributed by atoms with Gasteiger partial charge in [-0.2, -0.15) is 0 Å². The molecule has 5 heteroatoms. The Kier molecular flexibility index (Phi) is 6.91. The summed E-state index contributed by atoms with van der Waals surface area (Å²) in [5, 5.41) is 3.33. The van der Waals surface area contributed by atoms with E-state index in [1.807, 2.05) is 22.7 Å². The Bertz CT molecular complexity index is 394. The highest BCUT2D eigenvalue weighted by Gasteiger charge is 2.15. The van der Waals surface area contributed by atoms with Gasteiger partial charge in [0.05, 0.1) is 13.2 Å². The molecule has 1 saturated heterocycles. The van der Waals surface area contributed by atoms with Crippen molar-refractivity contribution in [2.24, 2.45) is 0 Å². The van der Waals surface area contributed by atoms with E-state index in [0.717, 1.165) is 31.9 Å².